The van der Waals surface area contributed by atoms with E-state index in [9.17, 15) is 9.59 Å². The van der Waals surface area contributed by atoms with E-state index in [0.29, 0.717) is 10.6 Å². The number of benzene rings is 2. The monoisotopic (exact) mass is 393 g/mol. The van der Waals surface area contributed by atoms with Gasteiger partial charge in [0.05, 0.1) is 13.5 Å². The molecule has 0 aliphatic rings. The topological polar surface area (TPSA) is 55.4 Å². The van der Waals surface area contributed by atoms with Crippen molar-refractivity contribution in [1.82, 2.24) is 0 Å². The second-order valence-electron chi connectivity index (χ2n) is 6.74. The van der Waals surface area contributed by atoms with Crippen LogP contribution in [0.15, 0.2) is 48.5 Å². The first-order valence-corrected chi connectivity index (χ1v) is 9.85. The predicted molar refractivity (Wildman–Crippen MR) is 114 cm³/mol. The number of carbonyl (C=O) groups is 2. The third-order valence-corrected chi connectivity index (χ3v) is 5.75. The van der Waals surface area contributed by atoms with Gasteiger partial charge in [0.2, 0.25) is 5.91 Å². The Labute approximate surface area is 169 Å². The van der Waals surface area contributed by atoms with Crippen molar-refractivity contribution in [2.45, 2.75) is 27.2 Å². The average molecular weight is 394 g/mol. The SMILES string of the molecule is COC(=O)c1c(NC(=O)Cc2ccccc2)sc(C)c1-c1ccc(C)c(C)c1. The van der Waals surface area contributed by atoms with Crippen molar-refractivity contribution in [3.8, 4) is 11.1 Å². The molecule has 0 aliphatic heterocycles. The van der Waals surface area contributed by atoms with Crippen molar-refractivity contribution in [2.75, 3.05) is 12.4 Å². The molecule has 0 saturated carbocycles. The van der Waals surface area contributed by atoms with Crippen molar-refractivity contribution >= 4 is 28.2 Å². The van der Waals surface area contributed by atoms with Crippen molar-refractivity contribution < 1.29 is 14.3 Å². The van der Waals surface area contributed by atoms with E-state index in [1.807, 2.05) is 56.3 Å². The lowest BCUT2D eigenvalue weighted by Gasteiger charge is -2.10. The number of amides is 1. The summed E-state index contributed by atoms with van der Waals surface area (Å²) in [5, 5.41) is 3.44. The molecule has 2 aromatic carbocycles. The zero-order valence-electron chi connectivity index (χ0n) is 16.5. The van der Waals surface area contributed by atoms with E-state index in [1.54, 1.807) is 0 Å². The van der Waals surface area contributed by atoms with E-state index in [0.717, 1.165) is 27.1 Å². The van der Waals surface area contributed by atoms with E-state index < -0.39 is 5.97 Å². The molecule has 144 valence electrons. The first-order chi connectivity index (χ1) is 13.4. The molecule has 1 aromatic heterocycles. The van der Waals surface area contributed by atoms with Gasteiger partial charge in [0.1, 0.15) is 10.6 Å². The minimum Gasteiger partial charge on any atom is -0.465 e. The van der Waals surface area contributed by atoms with Gasteiger partial charge in [-0.25, -0.2) is 4.79 Å². The molecule has 1 amide bonds. The maximum atomic E-state index is 12.6. The Morgan fingerprint density at radius 1 is 1.00 bits per heavy atom. The van der Waals surface area contributed by atoms with Crippen molar-refractivity contribution in [1.29, 1.82) is 0 Å². The fraction of sp³-hybridized carbons (Fsp3) is 0.217. The highest BCUT2D eigenvalue weighted by Crippen LogP contribution is 2.40. The lowest BCUT2D eigenvalue weighted by molar-refractivity contribution is -0.115. The molecular formula is C23H23NO3S. The number of nitrogens with one attached hydrogen (secondary N) is 1. The van der Waals surface area contributed by atoms with Gasteiger partial charge in [0.25, 0.3) is 0 Å². The molecule has 4 nitrogen and oxygen atoms in total. The lowest BCUT2D eigenvalue weighted by Crippen LogP contribution is -2.16. The summed E-state index contributed by atoms with van der Waals surface area (Å²) >= 11 is 1.40. The molecular weight excluding hydrogens is 370 g/mol. The summed E-state index contributed by atoms with van der Waals surface area (Å²) in [6.07, 6.45) is 0.247. The molecule has 0 radical (unpaired) electrons. The van der Waals surface area contributed by atoms with Crippen molar-refractivity contribution in [3.63, 3.8) is 0 Å². The minimum atomic E-state index is -0.451. The number of carbonyl (C=O) groups excluding carboxylic acids is 2. The van der Waals surface area contributed by atoms with Gasteiger partial charge in [0.15, 0.2) is 0 Å². The molecule has 0 bridgehead atoms. The van der Waals surface area contributed by atoms with Crippen molar-refractivity contribution in [3.05, 3.63) is 75.7 Å². The van der Waals surface area contributed by atoms with Crippen LogP contribution in [0.5, 0.6) is 0 Å². The highest BCUT2D eigenvalue weighted by atomic mass is 32.1. The normalized spacial score (nSPS) is 10.6. The number of rotatable bonds is 5. The van der Waals surface area contributed by atoms with Gasteiger partial charge in [-0.1, -0.05) is 48.5 Å². The van der Waals surface area contributed by atoms with Gasteiger partial charge in [0, 0.05) is 10.4 Å². The van der Waals surface area contributed by atoms with Crippen molar-refractivity contribution in [2.24, 2.45) is 0 Å². The smallest absolute Gasteiger partial charge is 0.341 e. The zero-order valence-corrected chi connectivity index (χ0v) is 17.3. The van der Waals surface area contributed by atoms with Gasteiger partial charge in [-0.2, -0.15) is 0 Å². The summed E-state index contributed by atoms with van der Waals surface area (Å²) in [4.78, 5) is 26.1. The van der Waals surface area contributed by atoms with Crippen LogP contribution >= 0.6 is 11.3 Å². The number of aryl methyl sites for hydroxylation is 3. The molecule has 3 rings (SSSR count). The quantitative estimate of drug-likeness (QED) is 0.598. The van der Waals surface area contributed by atoms with Crippen LogP contribution in [0, 0.1) is 20.8 Å². The minimum absolute atomic E-state index is 0.163. The first kappa shape index (κ1) is 19.8. The third-order valence-electron chi connectivity index (χ3n) is 4.73. The molecule has 0 unspecified atom stereocenters. The molecule has 0 fully saturated rings. The second kappa shape index (κ2) is 8.40. The second-order valence-corrected chi connectivity index (χ2v) is 7.96. The number of hydrogen-bond acceptors (Lipinski definition) is 4. The molecule has 0 atom stereocenters. The van der Waals surface area contributed by atoms with Crippen LogP contribution in [0.4, 0.5) is 5.00 Å². The highest BCUT2D eigenvalue weighted by molar-refractivity contribution is 7.17. The van der Waals surface area contributed by atoms with E-state index >= 15 is 0 Å². The summed E-state index contributed by atoms with van der Waals surface area (Å²) in [5.41, 5.74) is 5.42. The van der Waals surface area contributed by atoms with Gasteiger partial charge in [-0.15, -0.1) is 11.3 Å². The molecule has 28 heavy (non-hydrogen) atoms. The number of anilines is 1. The van der Waals surface area contributed by atoms with Gasteiger partial charge < -0.3 is 10.1 Å². The summed E-state index contributed by atoms with van der Waals surface area (Å²) in [6.45, 7) is 6.05. The van der Waals surface area contributed by atoms with Crippen LogP contribution in [-0.4, -0.2) is 19.0 Å². The fourth-order valence-corrected chi connectivity index (χ4v) is 4.21. The number of esters is 1. The summed E-state index contributed by atoms with van der Waals surface area (Å²) in [5.74, 6) is -0.614. The number of methoxy groups -OCH3 is 1. The molecule has 0 spiro atoms. The Hall–Kier alpha value is -2.92. The number of hydrogen-bond donors (Lipinski definition) is 1. The van der Waals surface area contributed by atoms with E-state index in [2.05, 4.69) is 18.3 Å². The Morgan fingerprint density at radius 2 is 1.71 bits per heavy atom. The average Bonchev–Trinajstić information content (AvgIpc) is 2.99. The van der Waals surface area contributed by atoms with Crippen LogP contribution in [0.2, 0.25) is 0 Å². The van der Waals surface area contributed by atoms with Crippen LogP contribution in [0.25, 0.3) is 11.1 Å². The van der Waals surface area contributed by atoms with E-state index in [-0.39, 0.29) is 12.3 Å². The van der Waals surface area contributed by atoms with E-state index in [1.165, 1.54) is 24.0 Å². The van der Waals surface area contributed by atoms with E-state index in [4.69, 9.17) is 4.74 Å². The molecule has 1 heterocycles. The summed E-state index contributed by atoms with van der Waals surface area (Å²) in [7, 11) is 1.36. The number of thiophene rings is 1. The zero-order chi connectivity index (χ0) is 20.3. The molecule has 0 saturated heterocycles. The highest BCUT2D eigenvalue weighted by Gasteiger charge is 2.25. The summed E-state index contributed by atoms with van der Waals surface area (Å²) < 4.78 is 5.02. The van der Waals surface area contributed by atoms with Crippen LogP contribution in [-0.2, 0) is 16.0 Å². The van der Waals surface area contributed by atoms with Gasteiger partial charge >= 0.3 is 5.97 Å². The van der Waals surface area contributed by atoms with Crippen LogP contribution in [0.3, 0.4) is 0 Å². The molecule has 0 aliphatic carbocycles. The third kappa shape index (κ3) is 4.15. The largest absolute Gasteiger partial charge is 0.465 e. The first-order valence-electron chi connectivity index (χ1n) is 9.03. The Kier molecular flexibility index (Phi) is 5.95. The Bertz CT molecular complexity index is 1020. The molecule has 1 N–H and O–H groups in total. The lowest BCUT2D eigenvalue weighted by atomic mass is 9.97. The maximum absolute atomic E-state index is 12.6. The molecule has 3 aromatic rings. The standard InChI is InChI=1S/C23H23NO3S/c1-14-10-11-18(12-15(14)2)20-16(3)28-22(21(20)23(26)27-4)24-19(25)13-17-8-6-5-7-9-17/h5-12H,13H2,1-4H3,(H,24,25). The fourth-order valence-electron chi connectivity index (χ4n) is 3.13. The predicted octanol–water partition coefficient (Wildman–Crippen LogP) is 5.31. The maximum Gasteiger partial charge on any atom is 0.341 e. The molecule has 5 heteroatoms. The van der Waals surface area contributed by atoms with Gasteiger partial charge in [-0.05, 0) is 43.0 Å². The van der Waals surface area contributed by atoms with Crippen LogP contribution in [0.1, 0.15) is 31.9 Å². The number of ether oxygens (including phenoxy) is 1. The Morgan fingerprint density at radius 3 is 2.36 bits per heavy atom. The van der Waals surface area contributed by atoms with Gasteiger partial charge in [-0.3, -0.25) is 4.79 Å². The van der Waals surface area contributed by atoms with Crippen LogP contribution < -0.4 is 5.32 Å². The summed E-state index contributed by atoms with van der Waals surface area (Å²) in [6, 6.07) is 15.6. The Balaban J connectivity index is 1.98.